The van der Waals surface area contributed by atoms with Gasteiger partial charge in [-0.15, -0.1) is 0 Å². The van der Waals surface area contributed by atoms with E-state index < -0.39 is 6.10 Å². The minimum atomic E-state index is -0.432. The zero-order valence-electron chi connectivity index (χ0n) is 11.5. The van der Waals surface area contributed by atoms with E-state index >= 15 is 0 Å². The van der Waals surface area contributed by atoms with Crippen LogP contribution in [-0.2, 0) is 4.74 Å². The van der Waals surface area contributed by atoms with Gasteiger partial charge < -0.3 is 14.7 Å². The van der Waals surface area contributed by atoms with Gasteiger partial charge in [-0.1, -0.05) is 18.3 Å². The Morgan fingerprint density at radius 3 is 2.83 bits per heavy atom. The number of anilines is 1. The number of piperidine rings is 1. The number of aryl methyl sites for hydroxylation is 1. The normalized spacial score (nSPS) is 26.4. The molecule has 0 spiro atoms. The molecule has 1 aliphatic rings. The number of aliphatic hydroxyl groups excluding tert-OH is 1. The topological polar surface area (TPSA) is 45.6 Å². The van der Waals surface area contributed by atoms with Gasteiger partial charge in [0.15, 0.2) is 5.13 Å². The van der Waals surface area contributed by atoms with E-state index in [1.165, 1.54) is 0 Å². The minimum absolute atomic E-state index is 0.276. The molecule has 0 radical (unpaired) electrons. The summed E-state index contributed by atoms with van der Waals surface area (Å²) >= 11 is 1.60. The number of hydrogen-bond donors (Lipinski definition) is 1. The van der Waals surface area contributed by atoms with Crippen LogP contribution in [0.3, 0.4) is 0 Å². The van der Waals surface area contributed by atoms with Crippen LogP contribution >= 0.6 is 11.3 Å². The minimum Gasteiger partial charge on any atom is -0.388 e. The van der Waals surface area contributed by atoms with Crippen LogP contribution in [0.1, 0.15) is 36.9 Å². The van der Waals surface area contributed by atoms with Gasteiger partial charge in [0.25, 0.3) is 0 Å². The van der Waals surface area contributed by atoms with Crippen LogP contribution < -0.4 is 4.90 Å². The van der Waals surface area contributed by atoms with Crippen molar-refractivity contribution < 1.29 is 9.84 Å². The number of rotatable bonds is 3. The van der Waals surface area contributed by atoms with Crippen molar-refractivity contribution >= 4 is 16.5 Å². The van der Waals surface area contributed by atoms with Crippen molar-refractivity contribution in [3.63, 3.8) is 0 Å². The fraction of sp³-hybridized carbons (Fsp3) is 0.769. The molecule has 0 aromatic carbocycles. The molecular formula is C13H22N2O2S. The lowest BCUT2D eigenvalue weighted by molar-refractivity contribution is 0.0498. The van der Waals surface area contributed by atoms with Gasteiger partial charge in [-0.25, -0.2) is 4.98 Å². The molecule has 5 heteroatoms. The number of methoxy groups -OCH3 is 1. The average molecular weight is 270 g/mol. The summed E-state index contributed by atoms with van der Waals surface area (Å²) in [5.41, 5.74) is 0.942. The average Bonchev–Trinajstić information content (AvgIpc) is 2.72. The monoisotopic (exact) mass is 270 g/mol. The van der Waals surface area contributed by atoms with Gasteiger partial charge in [0.05, 0.1) is 22.8 Å². The maximum atomic E-state index is 9.68. The fourth-order valence-electron chi connectivity index (χ4n) is 2.43. The molecule has 102 valence electrons. The predicted molar refractivity (Wildman–Crippen MR) is 74.3 cm³/mol. The lowest BCUT2D eigenvalue weighted by Gasteiger charge is -2.36. The Morgan fingerprint density at radius 1 is 1.56 bits per heavy atom. The molecule has 3 unspecified atom stereocenters. The lowest BCUT2D eigenvalue weighted by atomic mass is 9.96. The van der Waals surface area contributed by atoms with Gasteiger partial charge in [-0.3, -0.25) is 0 Å². The molecule has 1 N–H and O–H groups in total. The Morgan fingerprint density at radius 2 is 2.28 bits per heavy atom. The third-order valence-corrected chi connectivity index (χ3v) is 5.05. The molecule has 0 bridgehead atoms. The maximum Gasteiger partial charge on any atom is 0.185 e. The summed E-state index contributed by atoms with van der Waals surface area (Å²) in [7, 11) is 1.78. The van der Waals surface area contributed by atoms with Crippen LogP contribution in [-0.4, -0.2) is 36.4 Å². The van der Waals surface area contributed by atoms with Crippen molar-refractivity contribution in [2.45, 2.75) is 39.4 Å². The highest BCUT2D eigenvalue weighted by atomic mass is 32.1. The van der Waals surface area contributed by atoms with Crippen molar-refractivity contribution in [1.82, 2.24) is 4.98 Å². The van der Waals surface area contributed by atoms with Gasteiger partial charge in [0.1, 0.15) is 0 Å². The SMILES string of the molecule is COC1CN(c2nc(C)c(C(C)O)s2)CCC1C. The Balaban J connectivity index is 2.14. The second-order valence-corrected chi connectivity index (χ2v) is 6.12. The van der Waals surface area contributed by atoms with E-state index in [2.05, 4.69) is 16.8 Å². The van der Waals surface area contributed by atoms with Crippen LogP contribution in [0.15, 0.2) is 0 Å². The quantitative estimate of drug-likeness (QED) is 0.916. The van der Waals surface area contributed by atoms with E-state index in [-0.39, 0.29) is 6.10 Å². The summed E-state index contributed by atoms with van der Waals surface area (Å²) in [5.74, 6) is 0.601. The van der Waals surface area contributed by atoms with Gasteiger partial charge in [-0.2, -0.15) is 0 Å². The Kier molecular flexibility index (Phi) is 4.25. The number of aromatic nitrogens is 1. The van der Waals surface area contributed by atoms with E-state index in [0.717, 1.165) is 35.2 Å². The molecule has 2 rings (SSSR count). The van der Waals surface area contributed by atoms with E-state index in [0.29, 0.717) is 5.92 Å². The van der Waals surface area contributed by atoms with Crippen LogP contribution in [0.2, 0.25) is 0 Å². The Labute approximate surface area is 113 Å². The molecule has 1 aromatic heterocycles. The van der Waals surface area contributed by atoms with Gasteiger partial charge >= 0.3 is 0 Å². The number of nitrogens with zero attached hydrogens (tertiary/aromatic N) is 2. The second-order valence-electron chi connectivity index (χ2n) is 5.11. The first-order valence-electron chi connectivity index (χ1n) is 6.46. The fourth-order valence-corrected chi connectivity index (χ4v) is 3.47. The van der Waals surface area contributed by atoms with E-state index in [9.17, 15) is 5.11 Å². The summed E-state index contributed by atoms with van der Waals surface area (Å²) in [4.78, 5) is 7.82. The van der Waals surface area contributed by atoms with Crippen molar-refractivity contribution in [2.75, 3.05) is 25.1 Å². The number of hydrogen-bond acceptors (Lipinski definition) is 5. The highest BCUT2D eigenvalue weighted by Gasteiger charge is 2.28. The van der Waals surface area contributed by atoms with E-state index in [1.54, 1.807) is 25.4 Å². The maximum absolute atomic E-state index is 9.68. The Hall–Kier alpha value is -0.650. The molecule has 18 heavy (non-hydrogen) atoms. The van der Waals surface area contributed by atoms with Crippen molar-refractivity contribution in [3.8, 4) is 0 Å². The van der Waals surface area contributed by atoms with Crippen LogP contribution in [0.5, 0.6) is 0 Å². The van der Waals surface area contributed by atoms with Gasteiger partial charge in [0, 0.05) is 20.2 Å². The summed E-state index contributed by atoms with van der Waals surface area (Å²) < 4.78 is 5.53. The van der Waals surface area contributed by atoms with Crippen LogP contribution in [0, 0.1) is 12.8 Å². The first-order valence-corrected chi connectivity index (χ1v) is 7.27. The summed E-state index contributed by atoms with van der Waals surface area (Å²) in [6.07, 6.45) is 0.970. The van der Waals surface area contributed by atoms with Crippen LogP contribution in [0.25, 0.3) is 0 Å². The molecule has 3 atom stereocenters. The Bertz CT molecular complexity index is 406. The second kappa shape index (κ2) is 5.55. The molecule has 0 amide bonds. The summed E-state index contributed by atoms with van der Waals surface area (Å²) in [6, 6.07) is 0. The molecule has 1 saturated heterocycles. The third kappa shape index (κ3) is 2.68. The number of thiazole rings is 1. The zero-order chi connectivity index (χ0) is 13.3. The first-order chi connectivity index (χ1) is 8.52. The summed E-state index contributed by atoms with van der Waals surface area (Å²) in [6.45, 7) is 7.90. The summed E-state index contributed by atoms with van der Waals surface area (Å²) in [5, 5.41) is 10.7. The number of aliphatic hydroxyl groups is 1. The smallest absolute Gasteiger partial charge is 0.185 e. The molecule has 0 aliphatic carbocycles. The standard InChI is InChI=1S/C13H22N2O2S/c1-8-5-6-15(7-11(8)17-4)13-14-9(2)12(18-13)10(3)16/h8,10-11,16H,5-7H2,1-4H3. The van der Waals surface area contributed by atoms with Crippen LogP contribution in [0.4, 0.5) is 5.13 Å². The number of ether oxygens (including phenoxy) is 1. The molecule has 1 fully saturated rings. The molecule has 4 nitrogen and oxygen atoms in total. The largest absolute Gasteiger partial charge is 0.388 e. The molecule has 0 saturated carbocycles. The zero-order valence-corrected chi connectivity index (χ0v) is 12.3. The molecule has 1 aromatic rings. The first kappa shape index (κ1) is 13.8. The van der Waals surface area contributed by atoms with Crippen molar-refractivity contribution in [2.24, 2.45) is 5.92 Å². The lowest BCUT2D eigenvalue weighted by Crippen LogP contribution is -2.43. The highest BCUT2D eigenvalue weighted by molar-refractivity contribution is 7.15. The molecule has 2 heterocycles. The highest BCUT2D eigenvalue weighted by Crippen LogP contribution is 2.33. The third-order valence-electron chi connectivity index (χ3n) is 3.66. The van der Waals surface area contributed by atoms with Crippen molar-refractivity contribution in [1.29, 1.82) is 0 Å². The van der Waals surface area contributed by atoms with E-state index in [4.69, 9.17) is 4.74 Å². The van der Waals surface area contributed by atoms with E-state index in [1.807, 2.05) is 6.92 Å². The molecule has 1 aliphatic heterocycles. The molecular weight excluding hydrogens is 248 g/mol. The van der Waals surface area contributed by atoms with Gasteiger partial charge in [0.2, 0.25) is 0 Å². The predicted octanol–water partition coefficient (Wildman–Crippen LogP) is 2.37. The van der Waals surface area contributed by atoms with Crippen molar-refractivity contribution in [3.05, 3.63) is 10.6 Å². The van der Waals surface area contributed by atoms with Gasteiger partial charge in [-0.05, 0) is 26.2 Å².